The number of aryl methyl sites for hydroxylation is 1. The molecule has 1 aromatic carbocycles. The number of methoxy groups -OCH3 is 2. The van der Waals surface area contributed by atoms with Crippen molar-refractivity contribution in [1.82, 2.24) is 19.8 Å². The fraction of sp³-hybridized carbons (Fsp3) is 0.652. The SMILES string of the molecule is COc1cc2nc(CCCN(C)C)nc(NC3CCN(C(C)C)CC3)c2cc1OC. The van der Waals surface area contributed by atoms with Gasteiger partial charge in [0.2, 0.25) is 0 Å². The fourth-order valence-electron chi connectivity index (χ4n) is 4.03. The Labute approximate surface area is 180 Å². The molecule has 0 atom stereocenters. The van der Waals surface area contributed by atoms with Crippen LogP contribution in [-0.4, -0.2) is 79.8 Å². The number of hydrogen-bond acceptors (Lipinski definition) is 7. The average molecular weight is 416 g/mol. The van der Waals surface area contributed by atoms with Crippen LogP contribution in [0.25, 0.3) is 10.9 Å². The molecule has 0 bridgehead atoms. The van der Waals surface area contributed by atoms with Crippen molar-refractivity contribution in [3.05, 3.63) is 18.0 Å². The Morgan fingerprint density at radius 2 is 1.77 bits per heavy atom. The topological polar surface area (TPSA) is 62.8 Å². The predicted octanol–water partition coefficient (Wildman–Crippen LogP) is 3.43. The molecule has 0 unspecified atom stereocenters. The van der Waals surface area contributed by atoms with Gasteiger partial charge in [-0.25, -0.2) is 9.97 Å². The van der Waals surface area contributed by atoms with Gasteiger partial charge in [0.05, 0.1) is 19.7 Å². The zero-order valence-electron chi connectivity index (χ0n) is 19.4. The van der Waals surface area contributed by atoms with Gasteiger partial charge in [-0.2, -0.15) is 0 Å². The standard InChI is InChI=1S/C23H37N5O2/c1-16(2)28-12-9-17(10-13-28)24-23-18-14-20(29-5)21(30-6)15-19(18)25-22(26-23)8-7-11-27(3)4/h14-17H,7-13H2,1-6H3,(H,24,25,26). The lowest BCUT2D eigenvalue weighted by atomic mass is 10.0. The van der Waals surface area contributed by atoms with Crippen LogP contribution < -0.4 is 14.8 Å². The monoisotopic (exact) mass is 415 g/mol. The molecule has 1 N–H and O–H groups in total. The maximum absolute atomic E-state index is 5.53. The molecule has 0 saturated carbocycles. The summed E-state index contributed by atoms with van der Waals surface area (Å²) in [7, 11) is 7.50. The zero-order valence-corrected chi connectivity index (χ0v) is 19.4. The lowest BCUT2D eigenvalue weighted by molar-refractivity contribution is 0.177. The van der Waals surface area contributed by atoms with Gasteiger partial charge in [-0.3, -0.25) is 0 Å². The van der Waals surface area contributed by atoms with Gasteiger partial charge in [-0.15, -0.1) is 0 Å². The molecule has 0 amide bonds. The summed E-state index contributed by atoms with van der Waals surface area (Å²) in [4.78, 5) is 14.5. The van der Waals surface area contributed by atoms with E-state index in [-0.39, 0.29) is 0 Å². The third kappa shape index (κ3) is 5.52. The van der Waals surface area contributed by atoms with Gasteiger partial charge in [0.25, 0.3) is 0 Å². The van der Waals surface area contributed by atoms with Crippen molar-refractivity contribution in [2.75, 3.05) is 53.3 Å². The lowest BCUT2D eigenvalue weighted by Gasteiger charge is -2.35. The summed E-state index contributed by atoms with van der Waals surface area (Å²) in [5.74, 6) is 3.17. The van der Waals surface area contributed by atoms with Crippen LogP contribution in [0.4, 0.5) is 5.82 Å². The van der Waals surface area contributed by atoms with Gasteiger partial charge in [-0.05, 0) is 59.8 Å². The molecule has 166 valence electrons. The highest BCUT2D eigenvalue weighted by Crippen LogP contribution is 2.34. The molecule has 1 aliphatic rings. The molecule has 7 nitrogen and oxygen atoms in total. The first-order valence-electron chi connectivity index (χ1n) is 11.0. The van der Waals surface area contributed by atoms with E-state index >= 15 is 0 Å². The Balaban J connectivity index is 1.89. The van der Waals surface area contributed by atoms with Crippen molar-refractivity contribution in [2.45, 2.75) is 51.6 Å². The van der Waals surface area contributed by atoms with Crippen molar-refractivity contribution in [3.63, 3.8) is 0 Å². The van der Waals surface area contributed by atoms with Gasteiger partial charge in [0.15, 0.2) is 11.5 Å². The largest absolute Gasteiger partial charge is 0.493 e. The fourth-order valence-corrected chi connectivity index (χ4v) is 4.03. The quantitative estimate of drug-likeness (QED) is 0.673. The highest BCUT2D eigenvalue weighted by Gasteiger charge is 2.22. The van der Waals surface area contributed by atoms with E-state index in [1.54, 1.807) is 14.2 Å². The smallest absolute Gasteiger partial charge is 0.162 e. The first-order valence-corrected chi connectivity index (χ1v) is 11.0. The second kappa shape index (κ2) is 10.3. The Morgan fingerprint density at radius 3 is 2.37 bits per heavy atom. The van der Waals surface area contributed by atoms with E-state index in [9.17, 15) is 0 Å². The Bertz CT molecular complexity index is 832. The van der Waals surface area contributed by atoms with Gasteiger partial charge in [0.1, 0.15) is 11.6 Å². The second-order valence-electron chi connectivity index (χ2n) is 8.67. The van der Waals surface area contributed by atoms with Crippen molar-refractivity contribution in [1.29, 1.82) is 0 Å². The minimum atomic E-state index is 0.417. The molecule has 1 aromatic heterocycles. The third-order valence-corrected chi connectivity index (χ3v) is 5.85. The van der Waals surface area contributed by atoms with Crippen LogP contribution in [0, 0.1) is 0 Å². The van der Waals surface area contributed by atoms with Crippen LogP contribution in [0.5, 0.6) is 11.5 Å². The molecule has 3 rings (SSSR count). The van der Waals surface area contributed by atoms with Crippen LogP contribution in [0.1, 0.15) is 38.9 Å². The molecule has 2 aromatic rings. The molecule has 7 heteroatoms. The van der Waals surface area contributed by atoms with Gasteiger partial charge < -0.3 is 24.6 Å². The minimum absolute atomic E-state index is 0.417. The summed E-state index contributed by atoms with van der Waals surface area (Å²) >= 11 is 0. The zero-order chi connectivity index (χ0) is 21.7. The van der Waals surface area contributed by atoms with Crippen molar-refractivity contribution >= 4 is 16.7 Å². The third-order valence-electron chi connectivity index (χ3n) is 5.85. The number of ether oxygens (including phenoxy) is 2. The molecule has 1 saturated heterocycles. The number of rotatable bonds is 9. The van der Waals surface area contributed by atoms with E-state index in [4.69, 9.17) is 19.4 Å². The molecule has 1 fully saturated rings. The summed E-state index contributed by atoms with van der Waals surface area (Å²) in [6, 6.07) is 4.97. The highest BCUT2D eigenvalue weighted by molar-refractivity contribution is 5.92. The summed E-state index contributed by atoms with van der Waals surface area (Å²) in [6.45, 7) is 7.79. The van der Waals surface area contributed by atoms with E-state index in [0.717, 1.165) is 67.9 Å². The molecule has 30 heavy (non-hydrogen) atoms. The van der Waals surface area contributed by atoms with Crippen molar-refractivity contribution in [3.8, 4) is 11.5 Å². The molecule has 0 spiro atoms. The van der Waals surface area contributed by atoms with Crippen LogP contribution in [0.2, 0.25) is 0 Å². The maximum atomic E-state index is 5.53. The number of nitrogens with zero attached hydrogens (tertiary/aromatic N) is 4. The van der Waals surface area contributed by atoms with E-state index in [0.29, 0.717) is 23.6 Å². The van der Waals surface area contributed by atoms with Gasteiger partial charge in [0, 0.05) is 43.0 Å². The Kier molecular flexibility index (Phi) is 7.72. The first kappa shape index (κ1) is 22.6. The van der Waals surface area contributed by atoms with E-state index < -0.39 is 0 Å². The number of aromatic nitrogens is 2. The first-order chi connectivity index (χ1) is 14.4. The number of piperidine rings is 1. The van der Waals surface area contributed by atoms with Crippen molar-refractivity contribution < 1.29 is 9.47 Å². The summed E-state index contributed by atoms with van der Waals surface area (Å²) in [6.07, 6.45) is 4.11. The Hall–Kier alpha value is -2.12. The second-order valence-corrected chi connectivity index (χ2v) is 8.67. The number of benzene rings is 1. The lowest BCUT2D eigenvalue weighted by Crippen LogP contribution is -2.42. The molecule has 1 aliphatic heterocycles. The molecule has 0 aliphatic carbocycles. The molecule has 0 radical (unpaired) electrons. The number of anilines is 1. The van der Waals surface area contributed by atoms with Crippen LogP contribution >= 0.6 is 0 Å². The van der Waals surface area contributed by atoms with E-state index in [2.05, 4.69) is 43.1 Å². The average Bonchev–Trinajstić information content (AvgIpc) is 2.73. The number of hydrogen-bond donors (Lipinski definition) is 1. The molecule has 2 heterocycles. The number of likely N-dealkylation sites (tertiary alicyclic amines) is 1. The van der Waals surface area contributed by atoms with Crippen LogP contribution in [0.15, 0.2) is 12.1 Å². The van der Waals surface area contributed by atoms with Gasteiger partial charge >= 0.3 is 0 Å². The maximum Gasteiger partial charge on any atom is 0.162 e. The number of fused-ring (bicyclic) bond motifs is 1. The predicted molar refractivity (Wildman–Crippen MR) is 123 cm³/mol. The summed E-state index contributed by atoms with van der Waals surface area (Å²) in [5.41, 5.74) is 0.893. The normalized spacial score (nSPS) is 15.9. The van der Waals surface area contributed by atoms with E-state index in [1.165, 1.54) is 0 Å². The summed E-state index contributed by atoms with van der Waals surface area (Å²) in [5, 5.41) is 4.71. The van der Waals surface area contributed by atoms with Crippen molar-refractivity contribution in [2.24, 2.45) is 0 Å². The Morgan fingerprint density at radius 1 is 1.10 bits per heavy atom. The van der Waals surface area contributed by atoms with Gasteiger partial charge in [-0.1, -0.05) is 0 Å². The highest BCUT2D eigenvalue weighted by atomic mass is 16.5. The molecular formula is C23H37N5O2. The number of nitrogens with one attached hydrogen (secondary N) is 1. The van der Waals surface area contributed by atoms with Crippen LogP contribution in [-0.2, 0) is 6.42 Å². The minimum Gasteiger partial charge on any atom is -0.493 e. The van der Waals surface area contributed by atoms with Crippen LogP contribution in [0.3, 0.4) is 0 Å². The van der Waals surface area contributed by atoms with E-state index in [1.807, 2.05) is 12.1 Å². The molecular weight excluding hydrogens is 378 g/mol. The summed E-state index contributed by atoms with van der Waals surface area (Å²) < 4.78 is 11.0.